The number of aliphatic hydroxyl groups excluding tert-OH is 1. The molecule has 0 aliphatic heterocycles. The molecule has 0 saturated heterocycles. The minimum Gasteiger partial charge on any atom is -0.494 e. The fourth-order valence-electron chi connectivity index (χ4n) is 1.49. The van der Waals surface area contributed by atoms with Crippen molar-refractivity contribution >= 4 is 0 Å². The summed E-state index contributed by atoms with van der Waals surface area (Å²) in [5.74, 6) is 1.95. The number of hydrogen-bond donors (Lipinski definition) is 1. The Balaban J connectivity index is 2.08. The minimum atomic E-state index is -0.0967. The molecule has 4 heteroatoms. The summed E-state index contributed by atoms with van der Waals surface area (Å²) in [7, 11) is 0. The van der Waals surface area contributed by atoms with Crippen molar-refractivity contribution in [3.63, 3.8) is 0 Å². The van der Waals surface area contributed by atoms with Crippen molar-refractivity contribution in [3.05, 3.63) is 48.2 Å². The van der Waals surface area contributed by atoms with E-state index in [1.165, 1.54) is 0 Å². The fourth-order valence-corrected chi connectivity index (χ4v) is 1.49. The van der Waals surface area contributed by atoms with Gasteiger partial charge in [0.25, 0.3) is 0 Å². The van der Waals surface area contributed by atoms with Gasteiger partial charge in [-0.05, 0) is 37.3 Å². The molecule has 0 saturated carbocycles. The van der Waals surface area contributed by atoms with E-state index in [9.17, 15) is 0 Å². The molecule has 18 heavy (non-hydrogen) atoms. The lowest BCUT2D eigenvalue weighted by Gasteiger charge is -2.07. The van der Waals surface area contributed by atoms with Gasteiger partial charge in [-0.25, -0.2) is 4.98 Å². The van der Waals surface area contributed by atoms with Gasteiger partial charge >= 0.3 is 0 Å². The van der Waals surface area contributed by atoms with E-state index in [-0.39, 0.29) is 6.61 Å². The van der Waals surface area contributed by atoms with E-state index in [1.807, 2.05) is 31.2 Å². The second-order valence-corrected chi connectivity index (χ2v) is 3.63. The number of rotatable bonds is 5. The molecule has 1 N–H and O–H groups in total. The number of nitrogens with zero attached hydrogens (tertiary/aromatic N) is 1. The molecule has 0 aliphatic rings. The molecule has 2 aromatic rings. The van der Waals surface area contributed by atoms with Gasteiger partial charge in [0.1, 0.15) is 11.5 Å². The molecule has 2 rings (SSSR count). The van der Waals surface area contributed by atoms with E-state index in [1.54, 1.807) is 18.2 Å². The summed E-state index contributed by atoms with van der Waals surface area (Å²) in [4.78, 5) is 4.14. The van der Waals surface area contributed by atoms with Gasteiger partial charge in [0.05, 0.1) is 18.9 Å². The molecule has 0 amide bonds. The lowest BCUT2D eigenvalue weighted by Crippen LogP contribution is -1.93. The van der Waals surface area contributed by atoms with Crippen molar-refractivity contribution in [2.75, 3.05) is 6.61 Å². The number of ether oxygens (including phenoxy) is 2. The first-order valence-corrected chi connectivity index (χ1v) is 5.79. The number of aliphatic hydroxyl groups is 1. The number of hydrogen-bond acceptors (Lipinski definition) is 4. The van der Waals surface area contributed by atoms with Gasteiger partial charge in [-0.2, -0.15) is 0 Å². The van der Waals surface area contributed by atoms with E-state index in [0.29, 0.717) is 23.9 Å². The normalized spacial score (nSPS) is 10.1. The Kier molecular flexibility index (Phi) is 4.15. The molecule has 4 nitrogen and oxygen atoms in total. The second kappa shape index (κ2) is 6.02. The molecule has 0 fully saturated rings. The molecule has 94 valence electrons. The highest BCUT2D eigenvalue weighted by molar-refractivity contribution is 5.33. The first-order valence-electron chi connectivity index (χ1n) is 5.79. The predicted octanol–water partition coefficient (Wildman–Crippen LogP) is 2.76. The van der Waals surface area contributed by atoms with E-state index in [2.05, 4.69) is 4.98 Å². The summed E-state index contributed by atoms with van der Waals surface area (Å²) in [5, 5.41) is 8.99. The molecular formula is C14H15NO3. The Morgan fingerprint density at radius 3 is 2.44 bits per heavy atom. The van der Waals surface area contributed by atoms with Gasteiger partial charge in [-0.3, -0.25) is 0 Å². The lowest BCUT2D eigenvalue weighted by atomic mass is 10.3. The highest BCUT2D eigenvalue weighted by Gasteiger charge is 2.00. The molecule has 1 heterocycles. The minimum absolute atomic E-state index is 0.0967. The van der Waals surface area contributed by atoms with Crippen LogP contribution >= 0.6 is 0 Å². The van der Waals surface area contributed by atoms with Crippen LogP contribution in [0.25, 0.3) is 0 Å². The average Bonchev–Trinajstić information content (AvgIpc) is 2.42. The summed E-state index contributed by atoms with van der Waals surface area (Å²) in [6.07, 6.45) is 0. The van der Waals surface area contributed by atoms with Gasteiger partial charge in [-0.15, -0.1) is 0 Å². The first-order chi connectivity index (χ1) is 8.81. The smallest absolute Gasteiger partial charge is 0.219 e. The Bertz CT molecular complexity index is 497. The quantitative estimate of drug-likeness (QED) is 0.880. The van der Waals surface area contributed by atoms with Crippen molar-refractivity contribution in [2.24, 2.45) is 0 Å². The van der Waals surface area contributed by atoms with Crippen molar-refractivity contribution < 1.29 is 14.6 Å². The van der Waals surface area contributed by atoms with Crippen LogP contribution in [0.15, 0.2) is 42.5 Å². The van der Waals surface area contributed by atoms with Crippen molar-refractivity contribution in [2.45, 2.75) is 13.5 Å². The maximum atomic E-state index is 8.99. The zero-order chi connectivity index (χ0) is 12.8. The van der Waals surface area contributed by atoms with Crippen LogP contribution in [0.1, 0.15) is 12.6 Å². The maximum absolute atomic E-state index is 8.99. The van der Waals surface area contributed by atoms with Gasteiger partial charge in [0, 0.05) is 6.07 Å². The third kappa shape index (κ3) is 3.21. The first kappa shape index (κ1) is 12.4. The van der Waals surface area contributed by atoms with Crippen LogP contribution in [0.3, 0.4) is 0 Å². The zero-order valence-corrected chi connectivity index (χ0v) is 10.2. The Morgan fingerprint density at radius 2 is 1.78 bits per heavy atom. The monoisotopic (exact) mass is 245 g/mol. The summed E-state index contributed by atoms with van der Waals surface area (Å²) < 4.78 is 10.9. The molecular weight excluding hydrogens is 230 g/mol. The van der Waals surface area contributed by atoms with E-state index in [0.717, 1.165) is 5.75 Å². The molecule has 0 aliphatic carbocycles. The van der Waals surface area contributed by atoms with Crippen LogP contribution in [-0.2, 0) is 6.61 Å². The standard InChI is InChI=1S/C14H15NO3/c1-2-17-12-6-8-13(9-7-12)18-14-5-3-4-11(10-16)15-14/h3-9,16H,2,10H2,1H3. The lowest BCUT2D eigenvalue weighted by molar-refractivity contribution is 0.275. The molecule has 0 radical (unpaired) electrons. The molecule has 0 spiro atoms. The van der Waals surface area contributed by atoms with E-state index in [4.69, 9.17) is 14.6 Å². The average molecular weight is 245 g/mol. The molecule has 0 atom stereocenters. The number of pyridine rings is 1. The van der Waals surface area contributed by atoms with Crippen LogP contribution in [0.2, 0.25) is 0 Å². The summed E-state index contributed by atoms with van der Waals surface area (Å²) >= 11 is 0. The van der Waals surface area contributed by atoms with E-state index < -0.39 is 0 Å². The van der Waals surface area contributed by atoms with E-state index >= 15 is 0 Å². The van der Waals surface area contributed by atoms with Crippen molar-refractivity contribution in [1.29, 1.82) is 0 Å². The van der Waals surface area contributed by atoms with Gasteiger partial charge in [0.2, 0.25) is 5.88 Å². The van der Waals surface area contributed by atoms with Crippen LogP contribution in [0, 0.1) is 0 Å². The Labute approximate surface area is 106 Å². The summed E-state index contributed by atoms with van der Waals surface area (Å²) in [6.45, 7) is 2.48. The highest BCUT2D eigenvalue weighted by Crippen LogP contribution is 2.22. The van der Waals surface area contributed by atoms with Crippen molar-refractivity contribution in [3.8, 4) is 17.4 Å². The van der Waals surface area contributed by atoms with Gasteiger partial charge in [-0.1, -0.05) is 6.07 Å². The maximum Gasteiger partial charge on any atom is 0.219 e. The Morgan fingerprint density at radius 1 is 1.06 bits per heavy atom. The highest BCUT2D eigenvalue weighted by atomic mass is 16.5. The van der Waals surface area contributed by atoms with Crippen LogP contribution < -0.4 is 9.47 Å². The summed E-state index contributed by atoms with van der Waals surface area (Å²) in [6, 6.07) is 12.6. The van der Waals surface area contributed by atoms with Crippen molar-refractivity contribution in [1.82, 2.24) is 4.98 Å². The van der Waals surface area contributed by atoms with Crippen LogP contribution in [0.5, 0.6) is 17.4 Å². The largest absolute Gasteiger partial charge is 0.494 e. The van der Waals surface area contributed by atoms with Crippen LogP contribution in [-0.4, -0.2) is 16.7 Å². The molecule has 0 bridgehead atoms. The third-order valence-corrected chi connectivity index (χ3v) is 2.30. The Hall–Kier alpha value is -2.07. The summed E-state index contributed by atoms with van der Waals surface area (Å²) in [5.41, 5.74) is 0.582. The predicted molar refractivity (Wildman–Crippen MR) is 67.8 cm³/mol. The van der Waals surface area contributed by atoms with Gasteiger partial charge < -0.3 is 14.6 Å². The molecule has 1 aromatic carbocycles. The zero-order valence-electron chi connectivity index (χ0n) is 10.2. The number of aromatic nitrogens is 1. The SMILES string of the molecule is CCOc1ccc(Oc2cccc(CO)n2)cc1. The fraction of sp³-hybridized carbons (Fsp3) is 0.214. The number of benzene rings is 1. The molecule has 1 aromatic heterocycles. The topological polar surface area (TPSA) is 51.6 Å². The molecule has 0 unspecified atom stereocenters. The second-order valence-electron chi connectivity index (χ2n) is 3.63. The third-order valence-electron chi connectivity index (χ3n) is 2.30. The van der Waals surface area contributed by atoms with Gasteiger partial charge in [0.15, 0.2) is 0 Å². The van der Waals surface area contributed by atoms with Crippen LogP contribution in [0.4, 0.5) is 0 Å².